The Morgan fingerprint density at radius 2 is 1.70 bits per heavy atom. The number of nitrogens with zero attached hydrogens (tertiary/aromatic N) is 1. The van der Waals surface area contributed by atoms with Crippen molar-refractivity contribution in [3.05, 3.63) is 52.8 Å². The van der Waals surface area contributed by atoms with Crippen molar-refractivity contribution in [1.82, 2.24) is 4.68 Å². The standard InChI is InChI=1S/C15H20N2O2S/c1-5-14-10-12(3)13(4)17(14)16-20(18,19)15-8-6-11(2)7-9-15/h6-10,16H,5H2,1-4H3. The second kappa shape index (κ2) is 5.32. The van der Waals surface area contributed by atoms with E-state index in [-0.39, 0.29) is 4.90 Å². The first kappa shape index (κ1) is 14.7. The largest absolute Gasteiger partial charge is 0.275 e. The van der Waals surface area contributed by atoms with Crippen LogP contribution in [0.2, 0.25) is 0 Å². The summed E-state index contributed by atoms with van der Waals surface area (Å²) in [4.78, 5) is 2.93. The normalized spacial score (nSPS) is 11.6. The fourth-order valence-electron chi connectivity index (χ4n) is 2.09. The molecule has 2 rings (SSSR count). The predicted octanol–water partition coefficient (Wildman–Crippen LogP) is 2.91. The maximum Gasteiger partial charge on any atom is 0.275 e. The Morgan fingerprint density at radius 3 is 2.25 bits per heavy atom. The average molecular weight is 292 g/mol. The van der Waals surface area contributed by atoms with Gasteiger partial charge in [-0.15, -0.1) is 0 Å². The molecule has 20 heavy (non-hydrogen) atoms. The first-order valence-electron chi connectivity index (χ1n) is 6.62. The summed E-state index contributed by atoms with van der Waals surface area (Å²) in [5, 5.41) is 0. The molecule has 1 heterocycles. The third-order valence-electron chi connectivity index (χ3n) is 3.48. The highest BCUT2D eigenvalue weighted by molar-refractivity contribution is 7.92. The average Bonchev–Trinajstić information content (AvgIpc) is 2.66. The summed E-state index contributed by atoms with van der Waals surface area (Å²) in [5.41, 5.74) is 3.98. The Kier molecular flexibility index (Phi) is 3.90. The van der Waals surface area contributed by atoms with Crippen molar-refractivity contribution in [2.45, 2.75) is 39.0 Å². The van der Waals surface area contributed by atoms with Crippen LogP contribution in [-0.4, -0.2) is 13.1 Å². The van der Waals surface area contributed by atoms with Gasteiger partial charge in [-0.05, 0) is 51.0 Å². The lowest BCUT2D eigenvalue weighted by Gasteiger charge is -2.14. The predicted molar refractivity (Wildman–Crippen MR) is 81.0 cm³/mol. The first-order valence-corrected chi connectivity index (χ1v) is 8.10. The molecule has 1 aromatic carbocycles. The van der Waals surface area contributed by atoms with Crippen molar-refractivity contribution in [2.24, 2.45) is 0 Å². The molecule has 0 saturated carbocycles. The number of aryl methyl sites for hydroxylation is 3. The number of sulfonamides is 1. The van der Waals surface area contributed by atoms with Gasteiger partial charge in [-0.2, -0.15) is 8.42 Å². The van der Waals surface area contributed by atoms with E-state index in [1.54, 1.807) is 28.9 Å². The fraction of sp³-hybridized carbons (Fsp3) is 0.333. The molecule has 1 aromatic heterocycles. The van der Waals surface area contributed by atoms with Crippen LogP contribution >= 0.6 is 0 Å². The fourth-order valence-corrected chi connectivity index (χ4v) is 3.18. The maximum absolute atomic E-state index is 12.4. The van der Waals surface area contributed by atoms with Crippen LogP contribution in [0.4, 0.5) is 0 Å². The second-order valence-corrected chi connectivity index (χ2v) is 6.66. The molecule has 5 heteroatoms. The molecule has 0 aliphatic rings. The van der Waals surface area contributed by atoms with E-state index in [0.29, 0.717) is 0 Å². The summed E-state index contributed by atoms with van der Waals surface area (Å²) in [6, 6.07) is 8.84. The minimum absolute atomic E-state index is 0.274. The number of hydrogen-bond donors (Lipinski definition) is 1. The lowest BCUT2D eigenvalue weighted by atomic mass is 10.2. The topological polar surface area (TPSA) is 51.1 Å². The van der Waals surface area contributed by atoms with Crippen LogP contribution in [0.1, 0.15) is 29.4 Å². The number of hydrogen-bond acceptors (Lipinski definition) is 2. The van der Waals surface area contributed by atoms with Gasteiger partial charge in [0, 0.05) is 11.4 Å². The summed E-state index contributed by atoms with van der Waals surface area (Å²) >= 11 is 0. The highest BCUT2D eigenvalue weighted by atomic mass is 32.2. The SMILES string of the molecule is CCc1cc(C)c(C)n1NS(=O)(=O)c1ccc(C)cc1. The zero-order valence-corrected chi connectivity index (χ0v) is 13.1. The third kappa shape index (κ3) is 2.72. The summed E-state index contributed by atoms with van der Waals surface area (Å²) in [7, 11) is -3.56. The van der Waals surface area contributed by atoms with Gasteiger partial charge in [0.15, 0.2) is 0 Å². The lowest BCUT2D eigenvalue weighted by Crippen LogP contribution is -2.25. The minimum Gasteiger partial charge on any atom is -0.255 e. The number of rotatable bonds is 4. The van der Waals surface area contributed by atoms with Crippen LogP contribution < -0.4 is 4.83 Å². The molecule has 0 amide bonds. The van der Waals surface area contributed by atoms with E-state index in [2.05, 4.69) is 4.83 Å². The molecule has 0 radical (unpaired) electrons. The molecule has 2 aromatic rings. The van der Waals surface area contributed by atoms with E-state index in [4.69, 9.17) is 0 Å². The van der Waals surface area contributed by atoms with Gasteiger partial charge < -0.3 is 0 Å². The number of benzene rings is 1. The molecule has 0 fully saturated rings. The van der Waals surface area contributed by atoms with Crippen LogP contribution in [0.5, 0.6) is 0 Å². The van der Waals surface area contributed by atoms with Gasteiger partial charge in [0.2, 0.25) is 0 Å². The molecule has 0 aliphatic heterocycles. The summed E-state index contributed by atoms with van der Waals surface area (Å²) in [6.45, 7) is 7.82. The van der Waals surface area contributed by atoms with E-state index in [0.717, 1.165) is 28.9 Å². The zero-order chi connectivity index (χ0) is 14.9. The minimum atomic E-state index is -3.56. The van der Waals surface area contributed by atoms with E-state index in [1.165, 1.54) is 0 Å². The molecular weight excluding hydrogens is 272 g/mol. The lowest BCUT2D eigenvalue weighted by molar-refractivity contribution is 0.593. The van der Waals surface area contributed by atoms with Crippen LogP contribution in [0, 0.1) is 20.8 Å². The Balaban J connectivity index is 2.40. The van der Waals surface area contributed by atoms with Gasteiger partial charge in [-0.25, -0.2) is 4.83 Å². The van der Waals surface area contributed by atoms with E-state index in [1.807, 2.05) is 33.8 Å². The Hall–Kier alpha value is -1.75. The van der Waals surface area contributed by atoms with Gasteiger partial charge in [-0.1, -0.05) is 24.6 Å². The summed E-state index contributed by atoms with van der Waals surface area (Å²) < 4.78 is 26.5. The highest BCUT2D eigenvalue weighted by Gasteiger charge is 2.17. The van der Waals surface area contributed by atoms with Gasteiger partial charge in [-0.3, -0.25) is 4.68 Å². The molecule has 0 bridgehead atoms. The number of nitrogens with one attached hydrogen (secondary N) is 1. The molecule has 0 atom stereocenters. The molecular formula is C15H20N2O2S. The van der Waals surface area contributed by atoms with Gasteiger partial charge in [0.25, 0.3) is 10.0 Å². The smallest absolute Gasteiger partial charge is 0.255 e. The molecule has 0 saturated heterocycles. The maximum atomic E-state index is 12.4. The van der Waals surface area contributed by atoms with Crippen molar-refractivity contribution in [1.29, 1.82) is 0 Å². The molecule has 0 aliphatic carbocycles. The molecule has 0 unspecified atom stereocenters. The Morgan fingerprint density at radius 1 is 1.10 bits per heavy atom. The third-order valence-corrected chi connectivity index (χ3v) is 4.80. The molecule has 1 N–H and O–H groups in total. The van der Waals surface area contributed by atoms with Crippen LogP contribution in [0.3, 0.4) is 0 Å². The Labute approximate surface area is 120 Å². The Bertz CT molecular complexity index is 713. The van der Waals surface area contributed by atoms with Gasteiger partial charge in [0.05, 0.1) is 4.90 Å². The molecule has 0 spiro atoms. The quantitative estimate of drug-likeness (QED) is 0.942. The highest BCUT2D eigenvalue weighted by Crippen LogP contribution is 2.17. The van der Waals surface area contributed by atoms with Crippen LogP contribution in [-0.2, 0) is 16.4 Å². The van der Waals surface area contributed by atoms with Crippen molar-refractivity contribution in [3.63, 3.8) is 0 Å². The summed E-state index contributed by atoms with van der Waals surface area (Å²) in [6.07, 6.45) is 0.769. The van der Waals surface area contributed by atoms with Crippen molar-refractivity contribution >= 4 is 10.0 Å². The van der Waals surface area contributed by atoms with Crippen molar-refractivity contribution < 1.29 is 8.42 Å². The molecule has 4 nitrogen and oxygen atoms in total. The first-order chi connectivity index (χ1) is 9.35. The van der Waals surface area contributed by atoms with Crippen LogP contribution in [0.15, 0.2) is 35.2 Å². The monoisotopic (exact) mass is 292 g/mol. The van der Waals surface area contributed by atoms with Crippen LogP contribution in [0.25, 0.3) is 0 Å². The van der Waals surface area contributed by atoms with E-state index >= 15 is 0 Å². The van der Waals surface area contributed by atoms with Crippen molar-refractivity contribution in [3.8, 4) is 0 Å². The van der Waals surface area contributed by atoms with Gasteiger partial charge >= 0.3 is 0 Å². The summed E-state index contributed by atoms with van der Waals surface area (Å²) in [5.74, 6) is 0. The van der Waals surface area contributed by atoms with E-state index in [9.17, 15) is 8.42 Å². The van der Waals surface area contributed by atoms with E-state index < -0.39 is 10.0 Å². The van der Waals surface area contributed by atoms with Crippen molar-refractivity contribution in [2.75, 3.05) is 4.83 Å². The number of aromatic nitrogens is 1. The second-order valence-electron chi connectivity index (χ2n) is 5.00. The van der Waals surface area contributed by atoms with Gasteiger partial charge in [0.1, 0.15) is 0 Å². The molecule has 108 valence electrons. The zero-order valence-electron chi connectivity index (χ0n) is 12.3.